The molecule has 0 fully saturated rings. The molecule has 1 amide bonds. The van der Waals surface area contributed by atoms with Gasteiger partial charge in [-0.15, -0.1) is 0 Å². The molecule has 108 valence electrons. The van der Waals surface area contributed by atoms with E-state index in [0.29, 0.717) is 5.76 Å². The molecular formula is C15H26N2O2. The van der Waals surface area contributed by atoms with E-state index in [1.807, 2.05) is 45.9 Å². The first kappa shape index (κ1) is 19.5. The summed E-state index contributed by atoms with van der Waals surface area (Å²) in [6, 6.07) is 0. The van der Waals surface area contributed by atoms with Crippen molar-refractivity contribution in [1.29, 1.82) is 0 Å². The van der Waals surface area contributed by atoms with Gasteiger partial charge in [0.25, 0.3) is 5.91 Å². The summed E-state index contributed by atoms with van der Waals surface area (Å²) in [6.07, 6.45) is 7.20. The number of nitrogens with two attached hydrogens (primary N) is 1. The van der Waals surface area contributed by atoms with Crippen LogP contribution in [0, 0.1) is 0 Å². The fraction of sp³-hybridized carbons (Fsp3) is 0.400. The fourth-order valence-corrected chi connectivity index (χ4v) is 0.963. The summed E-state index contributed by atoms with van der Waals surface area (Å²) in [7, 11) is 0. The van der Waals surface area contributed by atoms with E-state index < -0.39 is 0 Å². The lowest BCUT2D eigenvalue weighted by Crippen LogP contribution is -2.31. The van der Waals surface area contributed by atoms with E-state index in [9.17, 15) is 4.79 Å². The van der Waals surface area contributed by atoms with Crippen molar-refractivity contribution in [2.75, 3.05) is 6.67 Å². The van der Waals surface area contributed by atoms with Gasteiger partial charge in [0.2, 0.25) is 0 Å². The first-order valence-electron chi connectivity index (χ1n) is 6.38. The van der Waals surface area contributed by atoms with Crippen molar-refractivity contribution in [2.24, 2.45) is 5.73 Å². The highest BCUT2D eigenvalue weighted by molar-refractivity contribution is 5.91. The van der Waals surface area contributed by atoms with Crippen LogP contribution in [0.25, 0.3) is 0 Å². The van der Waals surface area contributed by atoms with Crippen LogP contribution in [0.15, 0.2) is 48.0 Å². The first-order valence-corrected chi connectivity index (χ1v) is 6.38. The van der Waals surface area contributed by atoms with E-state index in [1.165, 1.54) is 0 Å². The van der Waals surface area contributed by atoms with Crippen molar-refractivity contribution in [3.05, 3.63) is 48.0 Å². The quantitative estimate of drug-likeness (QED) is 0.336. The number of ether oxygens (including phenoxy) is 1. The van der Waals surface area contributed by atoms with Gasteiger partial charge in [0, 0.05) is 0 Å². The summed E-state index contributed by atoms with van der Waals surface area (Å²) in [5, 5.41) is 2.45. The lowest BCUT2D eigenvalue weighted by Gasteiger charge is -2.11. The number of rotatable bonds is 6. The standard InChI is InChI=1S/C13H20N2O2.C2H6/c1-5-7-8-10(3)11(4)17-12(6-2)13(16)15-9-14;1-2/h5-8H,4,9,14H2,1-3H3,(H,15,16);1-2H3/b7-5-,10-8+,12-6-;. The van der Waals surface area contributed by atoms with Crippen molar-refractivity contribution >= 4 is 5.91 Å². The van der Waals surface area contributed by atoms with E-state index in [4.69, 9.17) is 10.5 Å². The van der Waals surface area contributed by atoms with E-state index >= 15 is 0 Å². The Kier molecular flexibility index (Phi) is 13.0. The first-order chi connectivity index (χ1) is 9.06. The van der Waals surface area contributed by atoms with Gasteiger partial charge in [-0.05, 0) is 32.4 Å². The Morgan fingerprint density at radius 3 is 2.37 bits per heavy atom. The van der Waals surface area contributed by atoms with Crippen LogP contribution in [0.2, 0.25) is 0 Å². The van der Waals surface area contributed by atoms with E-state index in [-0.39, 0.29) is 18.3 Å². The summed E-state index contributed by atoms with van der Waals surface area (Å²) in [4.78, 5) is 11.5. The van der Waals surface area contributed by atoms with Crippen molar-refractivity contribution in [2.45, 2.75) is 34.6 Å². The molecule has 4 nitrogen and oxygen atoms in total. The SMILES string of the molecule is C=C(O/C(=C\C)C(=O)NCN)/C(C)=C/C=C\C.CC. The van der Waals surface area contributed by atoms with Crippen LogP contribution in [0.4, 0.5) is 0 Å². The lowest BCUT2D eigenvalue weighted by atomic mass is 10.2. The Bertz CT molecular complexity index is 366. The van der Waals surface area contributed by atoms with Crippen LogP contribution in [0.1, 0.15) is 34.6 Å². The molecule has 0 bridgehead atoms. The molecule has 0 aliphatic heterocycles. The number of hydrogen-bond acceptors (Lipinski definition) is 3. The van der Waals surface area contributed by atoms with Gasteiger partial charge in [-0.2, -0.15) is 0 Å². The molecule has 0 aromatic carbocycles. The summed E-state index contributed by atoms with van der Waals surface area (Å²) in [6.45, 7) is 13.3. The van der Waals surface area contributed by atoms with Crippen LogP contribution >= 0.6 is 0 Å². The smallest absolute Gasteiger partial charge is 0.287 e. The maximum Gasteiger partial charge on any atom is 0.287 e. The van der Waals surface area contributed by atoms with Gasteiger partial charge in [0.05, 0.1) is 6.67 Å². The third kappa shape index (κ3) is 8.85. The number of amides is 1. The molecule has 0 atom stereocenters. The Hall–Kier alpha value is -1.81. The van der Waals surface area contributed by atoms with Gasteiger partial charge in [0.15, 0.2) is 5.76 Å². The second kappa shape index (κ2) is 12.6. The molecule has 0 aromatic heterocycles. The number of nitrogens with one attached hydrogen (secondary N) is 1. The van der Waals surface area contributed by atoms with Gasteiger partial charge in [-0.1, -0.05) is 38.7 Å². The average molecular weight is 266 g/mol. The highest BCUT2D eigenvalue weighted by atomic mass is 16.5. The molecule has 0 spiro atoms. The summed E-state index contributed by atoms with van der Waals surface area (Å²) in [5.74, 6) is 0.270. The monoisotopic (exact) mass is 266 g/mol. The molecule has 0 saturated carbocycles. The summed E-state index contributed by atoms with van der Waals surface area (Å²) >= 11 is 0. The molecule has 4 heteroatoms. The predicted molar refractivity (Wildman–Crippen MR) is 81.1 cm³/mol. The second-order valence-corrected chi connectivity index (χ2v) is 3.26. The molecular weight excluding hydrogens is 240 g/mol. The van der Waals surface area contributed by atoms with Crippen LogP contribution in [0.3, 0.4) is 0 Å². The minimum Gasteiger partial charge on any atom is -0.452 e. The maximum absolute atomic E-state index is 11.5. The zero-order valence-corrected chi connectivity index (χ0v) is 12.6. The third-order valence-corrected chi connectivity index (χ3v) is 1.96. The molecule has 0 aliphatic carbocycles. The van der Waals surface area contributed by atoms with Crippen molar-refractivity contribution < 1.29 is 9.53 Å². The molecule has 0 unspecified atom stereocenters. The van der Waals surface area contributed by atoms with Gasteiger partial charge in [-0.25, -0.2) is 0 Å². The van der Waals surface area contributed by atoms with Crippen LogP contribution in [0.5, 0.6) is 0 Å². The molecule has 0 heterocycles. The highest BCUT2D eigenvalue weighted by Gasteiger charge is 2.10. The van der Waals surface area contributed by atoms with Crippen LogP contribution in [-0.4, -0.2) is 12.6 Å². The average Bonchev–Trinajstić information content (AvgIpc) is 2.44. The third-order valence-electron chi connectivity index (χ3n) is 1.96. The zero-order valence-electron chi connectivity index (χ0n) is 12.6. The number of allylic oxidation sites excluding steroid dienone is 5. The Balaban J connectivity index is 0. The van der Waals surface area contributed by atoms with E-state index in [1.54, 1.807) is 13.0 Å². The molecule has 0 radical (unpaired) electrons. The van der Waals surface area contributed by atoms with Crippen molar-refractivity contribution in [3.63, 3.8) is 0 Å². The molecule has 0 rings (SSSR count). The van der Waals surface area contributed by atoms with Crippen molar-refractivity contribution in [1.82, 2.24) is 5.32 Å². The highest BCUT2D eigenvalue weighted by Crippen LogP contribution is 2.13. The maximum atomic E-state index is 11.5. The summed E-state index contributed by atoms with van der Waals surface area (Å²) in [5.41, 5.74) is 6.07. The summed E-state index contributed by atoms with van der Waals surface area (Å²) < 4.78 is 5.37. The van der Waals surface area contributed by atoms with Gasteiger partial charge >= 0.3 is 0 Å². The lowest BCUT2D eigenvalue weighted by molar-refractivity contribution is -0.120. The molecule has 0 aromatic rings. The predicted octanol–water partition coefficient (Wildman–Crippen LogP) is 3.00. The molecule has 0 saturated heterocycles. The topological polar surface area (TPSA) is 64.3 Å². The fourth-order valence-electron chi connectivity index (χ4n) is 0.963. The minimum absolute atomic E-state index is 0.0689. The molecule has 3 N–H and O–H groups in total. The van der Waals surface area contributed by atoms with Crippen LogP contribution < -0.4 is 11.1 Å². The van der Waals surface area contributed by atoms with Gasteiger partial charge in [-0.3, -0.25) is 4.79 Å². The Morgan fingerprint density at radius 2 is 1.95 bits per heavy atom. The van der Waals surface area contributed by atoms with E-state index in [0.717, 1.165) is 5.57 Å². The minimum atomic E-state index is -0.352. The van der Waals surface area contributed by atoms with Crippen molar-refractivity contribution in [3.8, 4) is 0 Å². The largest absolute Gasteiger partial charge is 0.452 e. The normalized spacial score (nSPS) is 11.7. The Labute approximate surface area is 116 Å². The molecule has 0 aliphatic rings. The zero-order chi connectivity index (χ0) is 15.3. The second-order valence-electron chi connectivity index (χ2n) is 3.26. The Morgan fingerprint density at radius 1 is 1.37 bits per heavy atom. The number of carbonyl (C=O) groups is 1. The van der Waals surface area contributed by atoms with Gasteiger partial charge in [0.1, 0.15) is 5.76 Å². The number of carbonyl (C=O) groups excluding carboxylic acids is 1. The number of hydrogen-bond donors (Lipinski definition) is 2. The molecule has 19 heavy (non-hydrogen) atoms. The van der Waals surface area contributed by atoms with Crippen LogP contribution in [-0.2, 0) is 9.53 Å². The van der Waals surface area contributed by atoms with E-state index in [2.05, 4.69) is 11.9 Å². The van der Waals surface area contributed by atoms with Gasteiger partial charge < -0.3 is 15.8 Å².